The maximum Gasteiger partial charge on any atom is 0.222 e. The number of nitrogens with zero attached hydrogens (tertiary/aromatic N) is 2. The number of amides is 1. The molecular weight excluding hydrogens is 260 g/mol. The maximum absolute atomic E-state index is 10.9. The fourth-order valence-electron chi connectivity index (χ4n) is 2.35. The average molecular weight is 301 g/mol. The number of hydrogen-bond acceptors (Lipinski definition) is 2. The van der Waals surface area contributed by atoms with Crippen LogP contribution in [-0.2, 0) is 4.79 Å². The van der Waals surface area contributed by atoms with Crippen LogP contribution < -0.4 is 0 Å². The van der Waals surface area contributed by atoms with Crippen molar-refractivity contribution in [1.29, 1.82) is 0 Å². The highest BCUT2D eigenvalue weighted by molar-refractivity contribution is 5.75. The summed E-state index contributed by atoms with van der Waals surface area (Å²) in [4.78, 5) is 15.2. The van der Waals surface area contributed by atoms with Gasteiger partial charge in [-0.2, -0.15) is 0 Å². The summed E-state index contributed by atoms with van der Waals surface area (Å²) in [5.41, 5.74) is 0. The lowest BCUT2D eigenvalue weighted by Gasteiger charge is -2.11. The van der Waals surface area contributed by atoms with Crippen LogP contribution in [0.15, 0.2) is 0 Å². The van der Waals surface area contributed by atoms with E-state index in [1.54, 1.807) is 0 Å². The van der Waals surface area contributed by atoms with Crippen molar-refractivity contribution < 1.29 is 4.79 Å². The highest BCUT2D eigenvalue weighted by atomic mass is 16.2. The minimum Gasteiger partial charge on any atom is -0.346 e. The van der Waals surface area contributed by atoms with Gasteiger partial charge in [-0.05, 0) is 45.8 Å². The Hall–Kier alpha value is -0.570. The van der Waals surface area contributed by atoms with Gasteiger partial charge in [0.1, 0.15) is 0 Å². The van der Waals surface area contributed by atoms with Crippen molar-refractivity contribution in [2.45, 2.75) is 79.1 Å². The fourth-order valence-corrected chi connectivity index (χ4v) is 2.35. The average Bonchev–Trinajstić information content (AvgIpc) is 2.88. The minimum atomic E-state index is 0.313. The Balaban J connectivity index is 0. The zero-order valence-electron chi connectivity index (χ0n) is 15.6. The molecule has 21 heavy (non-hydrogen) atoms. The summed E-state index contributed by atoms with van der Waals surface area (Å²) >= 11 is 0. The van der Waals surface area contributed by atoms with E-state index in [0.717, 1.165) is 19.4 Å². The first kappa shape index (κ1) is 22.7. The van der Waals surface area contributed by atoms with Crippen molar-refractivity contribution in [2.24, 2.45) is 0 Å². The second-order valence-electron chi connectivity index (χ2n) is 5.34. The lowest BCUT2D eigenvalue weighted by atomic mass is 10.2. The number of carbonyl (C=O) groups excluding carboxylic acids is 1. The predicted octanol–water partition coefficient (Wildman–Crippen LogP) is 4.56. The lowest BCUT2D eigenvalue weighted by Crippen LogP contribution is -2.25. The third-order valence-corrected chi connectivity index (χ3v) is 3.64. The van der Waals surface area contributed by atoms with Gasteiger partial charge in [0.2, 0.25) is 5.91 Å². The molecule has 0 aromatic heterocycles. The van der Waals surface area contributed by atoms with E-state index in [4.69, 9.17) is 0 Å². The first-order valence-corrected chi connectivity index (χ1v) is 9.12. The van der Waals surface area contributed by atoms with E-state index in [0.29, 0.717) is 5.91 Å². The molecule has 2 aliphatic heterocycles. The van der Waals surface area contributed by atoms with Crippen molar-refractivity contribution in [3.05, 3.63) is 0 Å². The van der Waals surface area contributed by atoms with E-state index in [9.17, 15) is 4.79 Å². The largest absolute Gasteiger partial charge is 0.346 e. The fraction of sp³-hybridized carbons (Fsp3) is 0.944. The van der Waals surface area contributed by atoms with Crippen molar-refractivity contribution in [2.75, 3.05) is 33.7 Å². The molecule has 0 atom stereocenters. The number of hydrogen-bond donors (Lipinski definition) is 0. The van der Waals surface area contributed by atoms with Crippen LogP contribution in [0.4, 0.5) is 0 Å². The van der Waals surface area contributed by atoms with Gasteiger partial charge in [0, 0.05) is 20.0 Å². The van der Waals surface area contributed by atoms with E-state index in [2.05, 4.69) is 11.9 Å². The van der Waals surface area contributed by atoms with Crippen LogP contribution in [0, 0.1) is 0 Å². The molecule has 0 aromatic rings. The van der Waals surface area contributed by atoms with Gasteiger partial charge in [-0.25, -0.2) is 0 Å². The Morgan fingerprint density at radius 3 is 1.62 bits per heavy atom. The van der Waals surface area contributed by atoms with Crippen LogP contribution in [0.2, 0.25) is 0 Å². The van der Waals surface area contributed by atoms with Crippen molar-refractivity contribution in [3.8, 4) is 0 Å². The van der Waals surface area contributed by atoms with Crippen LogP contribution >= 0.6 is 0 Å². The van der Waals surface area contributed by atoms with E-state index < -0.39 is 0 Å². The summed E-state index contributed by atoms with van der Waals surface area (Å²) in [7, 11) is 4.10. The van der Waals surface area contributed by atoms with Gasteiger partial charge in [-0.3, -0.25) is 4.79 Å². The van der Waals surface area contributed by atoms with Gasteiger partial charge in [-0.15, -0.1) is 0 Å². The van der Waals surface area contributed by atoms with Crippen molar-refractivity contribution in [1.82, 2.24) is 9.80 Å². The molecule has 3 nitrogen and oxygen atoms in total. The van der Waals surface area contributed by atoms with Crippen molar-refractivity contribution >= 4 is 5.91 Å². The highest BCUT2D eigenvalue weighted by Crippen LogP contribution is 2.08. The summed E-state index contributed by atoms with van der Waals surface area (Å²) in [5, 5.41) is 0. The van der Waals surface area contributed by atoms with Gasteiger partial charge in [0.15, 0.2) is 0 Å². The Kier molecular flexibility index (Phi) is 18.9. The van der Waals surface area contributed by atoms with E-state index >= 15 is 0 Å². The van der Waals surface area contributed by atoms with Crippen LogP contribution in [0.5, 0.6) is 0 Å². The van der Waals surface area contributed by atoms with Gasteiger partial charge in [0.25, 0.3) is 0 Å². The Labute approximate surface area is 134 Å². The summed E-state index contributed by atoms with van der Waals surface area (Å²) in [6, 6.07) is 0. The minimum absolute atomic E-state index is 0.313. The lowest BCUT2D eigenvalue weighted by molar-refractivity contribution is -0.129. The Morgan fingerprint density at radius 1 is 0.667 bits per heavy atom. The van der Waals surface area contributed by atoms with Crippen LogP contribution in [-0.4, -0.2) is 49.4 Å². The Morgan fingerprint density at radius 2 is 1.10 bits per heavy atom. The molecule has 128 valence electrons. The predicted molar refractivity (Wildman–Crippen MR) is 94.8 cm³/mol. The third-order valence-electron chi connectivity index (χ3n) is 3.64. The van der Waals surface area contributed by atoms with Gasteiger partial charge < -0.3 is 9.80 Å². The first-order valence-electron chi connectivity index (χ1n) is 9.12. The second kappa shape index (κ2) is 17.5. The summed E-state index contributed by atoms with van der Waals surface area (Å²) in [6.07, 6.45) is 9.97. The maximum atomic E-state index is 10.9. The van der Waals surface area contributed by atoms with Gasteiger partial charge in [-0.1, -0.05) is 47.0 Å². The summed E-state index contributed by atoms with van der Waals surface area (Å²) in [6.45, 7) is 11.6. The molecule has 2 saturated heterocycles. The van der Waals surface area contributed by atoms with Gasteiger partial charge >= 0.3 is 0 Å². The molecule has 2 fully saturated rings. The highest BCUT2D eigenvalue weighted by Gasteiger charge is 2.10. The number of likely N-dealkylation sites (tertiary alicyclic amines) is 2. The molecule has 0 N–H and O–H groups in total. The van der Waals surface area contributed by atoms with Crippen molar-refractivity contribution in [3.63, 3.8) is 0 Å². The quantitative estimate of drug-likeness (QED) is 0.654. The zero-order chi connectivity index (χ0) is 16.5. The van der Waals surface area contributed by atoms with Crippen LogP contribution in [0.1, 0.15) is 79.1 Å². The third kappa shape index (κ3) is 14.1. The standard InChI is InChI=1S/C7H13NO.C7H15N.2C2H6/c1-8-6-4-2-3-5-7(8)9;1-8-6-4-2-3-5-7-8;2*1-2/h2-6H2,1H3;2-7H2,1H3;2*1-2H3. The molecule has 3 heteroatoms. The number of carbonyl (C=O) groups is 1. The SMILES string of the molecule is CC.CC.CN1CCCCCC1.CN1CCCCCC1=O. The molecule has 0 spiro atoms. The van der Waals surface area contributed by atoms with Gasteiger partial charge in [0.05, 0.1) is 0 Å². The molecule has 0 aromatic carbocycles. The zero-order valence-corrected chi connectivity index (χ0v) is 15.6. The Bertz CT molecular complexity index is 211. The molecule has 0 aliphatic carbocycles. The molecular formula is C18H40N2O. The van der Waals surface area contributed by atoms with E-state index in [1.807, 2.05) is 39.6 Å². The monoisotopic (exact) mass is 300 g/mol. The molecule has 0 radical (unpaired) electrons. The smallest absolute Gasteiger partial charge is 0.222 e. The summed E-state index contributed by atoms with van der Waals surface area (Å²) in [5.74, 6) is 0.313. The van der Waals surface area contributed by atoms with E-state index in [1.165, 1.54) is 51.6 Å². The number of rotatable bonds is 0. The normalized spacial score (nSPS) is 19.5. The summed E-state index contributed by atoms with van der Waals surface area (Å²) < 4.78 is 0. The first-order chi connectivity index (χ1) is 10.2. The molecule has 0 bridgehead atoms. The van der Waals surface area contributed by atoms with Crippen LogP contribution in [0.3, 0.4) is 0 Å². The molecule has 2 heterocycles. The molecule has 0 saturated carbocycles. The van der Waals surface area contributed by atoms with Crippen LogP contribution in [0.25, 0.3) is 0 Å². The molecule has 2 rings (SSSR count). The second-order valence-corrected chi connectivity index (χ2v) is 5.34. The topological polar surface area (TPSA) is 23.6 Å². The molecule has 1 amide bonds. The molecule has 0 unspecified atom stereocenters. The molecule has 2 aliphatic rings. The van der Waals surface area contributed by atoms with E-state index in [-0.39, 0.29) is 0 Å².